The van der Waals surface area contributed by atoms with Crippen molar-refractivity contribution in [1.29, 1.82) is 0 Å². The molecular formula is C20H16O3. The van der Waals surface area contributed by atoms with Gasteiger partial charge in [-0.2, -0.15) is 0 Å². The van der Waals surface area contributed by atoms with Crippen LogP contribution in [0.1, 0.15) is 38.8 Å². The zero-order chi connectivity index (χ0) is 16.5. The van der Waals surface area contributed by atoms with Crippen LogP contribution in [-0.4, -0.2) is 18.9 Å². The Hall–Kier alpha value is -3.12. The molecule has 0 amide bonds. The lowest BCUT2D eigenvalue weighted by molar-refractivity contribution is 0.0526. The molecule has 0 spiro atoms. The monoisotopic (exact) mass is 304 g/mol. The zero-order valence-corrected chi connectivity index (χ0v) is 12.8. The van der Waals surface area contributed by atoms with Crippen molar-refractivity contribution in [2.24, 2.45) is 0 Å². The first-order chi connectivity index (χ1) is 11.2. The standard InChI is InChI=1S/C20H16O3/c1-2-23-20(22)19-13-11-17(12-14-19)6-4-3-5-16-7-9-18(15-21)10-8-16/h3,5,7-15H,2H2,1H3. The Morgan fingerprint density at radius 3 is 2.30 bits per heavy atom. The van der Waals surface area contributed by atoms with Gasteiger partial charge in [-0.05, 0) is 48.9 Å². The number of aldehydes is 1. The van der Waals surface area contributed by atoms with E-state index in [-0.39, 0.29) is 5.97 Å². The maximum absolute atomic E-state index is 11.5. The molecule has 2 rings (SSSR count). The van der Waals surface area contributed by atoms with Crippen molar-refractivity contribution >= 4 is 18.3 Å². The van der Waals surface area contributed by atoms with Crippen molar-refractivity contribution < 1.29 is 14.3 Å². The third-order valence-corrected chi connectivity index (χ3v) is 3.04. The van der Waals surface area contributed by atoms with Crippen LogP contribution in [-0.2, 0) is 4.74 Å². The summed E-state index contributed by atoms with van der Waals surface area (Å²) in [5.41, 5.74) is 2.96. The van der Waals surface area contributed by atoms with Crippen LogP contribution >= 0.6 is 0 Å². The van der Waals surface area contributed by atoms with Gasteiger partial charge in [0.25, 0.3) is 0 Å². The molecule has 0 aliphatic rings. The molecule has 0 bridgehead atoms. The molecule has 0 radical (unpaired) electrons. The lowest BCUT2D eigenvalue weighted by Crippen LogP contribution is -2.03. The third kappa shape index (κ3) is 4.98. The number of allylic oxidation sites excluding steroid dienone is 1. The number of carbonyl (C=O) groups is 2. The highest BCUT2D eigenvalue weighted by atomic mass is 16.5. The number of hydrogen-bond donors (Lipinski definition) is 0. The summed E-state index contributed by atoms with van der Waals surface area (Å²) in [5.74, 6) is 5.60. The highest BCUT2D eigenvalue weighted by Crippen LogP contribution is 2.06. The van der Waals surface area contributed by atoms with Crippen LogP contribution in [0, 0.1) is 11.8 Å². The van der Waals surface area contributed by atoms with Gasteiger partial charge in [0.05, 0.1) is 12.2 Å². The Morgan fingerprint density at radius 2 is 1.70 bits per heavy atom. The fourth-order valence-electron chi connectivity index (χ4n) is 1.85. The van der Waals surface area contributed by atoms with Crippen molar-refractivity contribution in [3.8, 4) is 11.8 Å². The lowest BCUT2D eigenvalue weighted by atomic mass is 10.1. The summed E-state index contributed by atoms with van der Waals surface area (Å²) in [6.45, 7) is 2.13. The molecule has 23 heavy (non-hydrogen) atoms. The highest BCUT2D eigenvalue weighted by Gasteiger charge is 2.04. The fraction of sp³-hybridized carbons (Fsp3) is 0.100. The first-order valence-corrected chi connectivity index (χ1v) is 7.23. The van der Waals surface area contributed by atoms with Crippen LogP contribution in [0.4, 0.5) is 0 Å². The largest absolute Gasteiger partial charge is 0.462 e. The second-order valence-electron chi connectivity index (χ2n) is 4.69. The molecular weight excluding hydrogens is 288 g/mol. The Balaban J connectivity index is 1.99. The van der Waals surface area contributed by atoms with Gasteiger partial charge in [0.15, 0.2) is 0 Å². The molecule has 0 N–H and O–H groups in total. The Kier molecular flexibility index (Phi) is 5.90. The molecule has 0 aliphatic carbocycles. The molecule has 0 atom stereocenters. The smallest absolute Gasteiger partial charge is 0.338 e. The summed E-state index contributed by atoms with van der Waals surface area (Å²) in [4.78, 5) is 22.1. The van der Waals surface area contributed by atoms with E-state index in [9.17, 15) is 9.59 Å². The molecule has 0 aromatic heterocycles. The minimum absolute atomic E-state index is 0.328. The van der Waals surface area contributed by atoms with Gasteiger partial charge in [-0.25, -0.2) is 4.79 Å². The number of carbonyl (C=O) groups excluding carboxylic acids is 2. The van der Waals surface area contributed by atoms with E-state index in [1.54, 1.807) is 49.4 Å². The van der Waals surface area contributed by atoms with Gasteiger partial charge in [-0.3, -0.25) is 4.79 Å². The van der Waals surface area contributed by atoms with E-state index >= 15 is 0 Å². The Labute approximate surface area is 135 Å². The summed E-state index contributed by atoms with van der Waals surface area (Å²) in [6, 6.07) is 14.2. The summed E-state index contributed by atoms with van der Waals surface area (Å²) >= 11 is 0. The van der Waals surface area contributed by atoms with Crippen molar-refractivity contribution in [3.63, 3.8) is 0 Å². The molecule has 3 heteroatoms. The fourth-order valence-corrected chi connectivity index (χ4v) is 1.85. The number of hydrogen-bond acceptors (Lipinski definition) is 3. The third-order valence-electron chi connectivity index (χ3n) is 3.04. The van der Waals surface area contributed by atoms with E-state index in [0.717, 1.165) is 17.4 Å². The number of benzene rings is 2. The van der Waals surface area contributed by atoms with Crippen LogP contribution in [0.3, 0.4) is 0 Å². The molecule has 0 saturated heterocycles. The maximum Gasteiger partial charge on any atom is 0.338 e. The maximum atomic E-state index is 11.5. The summed E-state index contributed by atoms with van der Waals surface area (Å²) in [6.07, 6.45) is 4.43. The first-order valence-electron chi connectivity index (χ1n) is 7.23. The van der Waals surface area contributed by atoms with Crippen LogP contribution in [0.5, 0.6) is 0 Å². The quantitative estimate of drug-likeness (QED) is 0.491. The summed E-state index contributed by atoms with van der Waals surface area (Å²) in [5, 5.41) is 0. The minimum Gasteiger partial charge on any atom is -0.462 e. The van der Waals surface area contributed by atoms with Gasteiger partial charge < -0.3 is 4.74 Å². The van der Waals surface area contributed by atoms with E-state index < -0.39 is 0 Å². The molecule has 3 nitrogen and oxygen atoms in total. The van der Waals surface area contributed by atoms with E-state index in [4.69, 9.17) is 4.74 Å². The van der Waals surface area contributed by atoms with Gasteiger partial charge in [0.1, 0.15) is 6.29 Å². The number of rotatable bonds is 4. The molecule has 0 saturated carbocycles. The molecule has 0 heterocycles. The van der Waals surface area contributed by atoms with E-state index in [2.05, 4.69) is 11.8 Å². The van der Waals surface area contributed by atoms with Crippen molar-refractivity contribution in [1.82, 2.24) is 0 Å². The minimum atomic E-state index is -0.328. The van der Waals surface area contributed by atoms with Crippen LogP contribution in [0.25, 0.3) is 6.08 Å². The topological polar surface area (TPSA) is 43.4 Å². The van der Waals surface area contributed by atoms with Crippen molar-refractivity contribution in [2.45, 2.75) is 6.92 Å². The van der Waals surface area contributed by atoms with Crippen molar-refractivity contribution in [3.05, 3.63) is 76.9 Å². The Morgan fingerprint density at radius 1 is 1.04 bits per heavy atom. The molecule has 0 fully saturated rings. The van der Waals surface area contributed by atoms with Crippen molar-refractivity contribution in [2.75, 3.05) is 6.61 Å². The SMILES string of the molecule is CCOC(=O)c1ccc(C#CC=Cc2ccc(C=O)cc2)cc1. The van der Waals surface area contributed by atoms with E-state index in [0.29, 0.717) is 17.7 Å². The van der Waals surface area contributed by atoms with Crippen LogP contribution in [0.2, 0.25) is 0 Å². The van der Waals surface area contributed by atoms with E-state index in [1.807, 2.05) is 18.2 Å². The van der Waals surface area contributed by atoms with Gasteiger partial charge in [0, 0.05) is 11.1 Å². The summed E-state index contributed by atoms with van der Waals surface area (Å²) in [7, 11) is 0. The van der Waals surface area contributed by atoms with Gasteiger partial charge in [-0.15, -0.1) is 0 Å². The average Bonchev–Trinajstić information content (AvgIpc) is 2.60. The number of ether oxygens (including phenoxy) is 1. The average molecular weight is 304 g/mol. The second kappa shape index (κ2) is 8.35. The zero-order valence-electron chi connectivity index (χ0n) is 12.8. The van der Waals surface area contributed by atoms with Crippen LogP contribution < -0.4 is 0 Å². The normalized spacial score (nSPS) is 9.96. The Bertz CT molecular complexity index is 757. The lowest BCUT2D eigenvalue weighted by Gasteiger charge is -2.00. The second-order valence-corrected chi connectivity index (χ2v) is 4.69. The van der Waals surface area contributed by atoms with Gasteiger partial charge in [-0.1, -0.05) is 36.1 Å². The highest BCUT2D eigenvalue weighted by molar-refractivity contribution is 5.89. The van der Waals surface area contributed by atoms with E-state index in [1.165, 1.54) is 0 Å². The van der Waals surface area contributed by atoms with Crippen LogP contribution in [0.15, 0.2) is 54.6 Å². The van der Waals surface area contributed by atoms with Gasteiger partial charge >= 0.3 is 5.97 Å². The molecule has 2 aromatic carbocycles. The molecule has 0 unspecified atom stereocenters. The molecule has 2 aromatic rings. The molecule has 0 aliphatic heterocycles. The predicted molar refractivity (Wildman–Crippen MR) is 90.1 cm³/mol. The predicted octanol–water partition coefficient (Wildman–Crippen LogP) is 3.74. The number of esters is 1. The summed E-state index contributed by atoms with van der Waals surface area (Å²) < 4.78 is 4.92. The van der Waals surface area contributed by atoms with Gasteiger partial charge in [0.2, 0.25) is 0 Å². The molecule has 114 valence electrons. The first kappa shape index (κ1) is 16.3.